The van der Waals surface area contributed by atoms with Crippen LogP contribution in [0.25, 0.3) is 22.0 Å². The summed E-state index contributed by atoms with van der Waals surface area (Å²) >= 11 is 0. The molecule has 0 atom stereocenters. The standard InChI is InChI=1S/C21H21NO5/c1-5-27-21(24)19-18(13-9-7-6-8-10-13)14-11-16(25-3)17(26-4)12-15(14)22(2)20(19)23/h6-12H,5H2,1-4H3. The van der Waals surface area contributed by atoms with Crippen LogP contribution in [0.4, 0.5) is 0 Å². The second-order valence-corrected chi connectivity index (χ2v) is 5.93. The molecular weight excluding hydrogens is 346 g/mol. The number of nitrogens with zero attached hydrogens (tertiary/aromatic N) is 1. The van der Waals surface area contributed by atoms with Crippen LogP contribution in [-0.2, 0) is 11.8 Å². The zero-order valence-corrected chi connectivity index (χ0v) is 15.7. The average Bonchev–Trinajstić information content (AvgIpc) is 2.70. The maximum atomic E-state index is 13.0. The summed E-state index contributed by atoms with van der Waals surface area (Å²) in [5.74, 6) is 0.368. The Kier molecular flexibility index (Phi) is 5.16. The van der Waals surface area contributed by atoms with Gasteiger partial charge in [-0.1, -0.05) is 30.3 Å². The van der Waals surface area contributed by atoms with Gasteiger partial charge >= 0.3 is 5.97 Å². The van der Waals surface area contributed by atoms with Crippen molar-refractivity contribution >= 4 is 16.9 Å². The van der Waals surface area contributed by atoms with Crippen LogP contribution in [0.1, 0.15) is 17.3 Å². The van der Waals surface area contributed by atoms with Gasteiger partial charge in [0.2, 0.25) is 0 Å². The van der Waals surface area contributed by atoms with E-state index in [1.807, 2.05) is 30.3 Å². The first-order valence-electron chi connectivity index (χ1n) is 8.54. The third kappa shape index (κ3) is 3.14. The Morgan fingerprint density at radius 1 is 1.04 bits per heavy atom. The molecule has 2 aromatic carbocycles. The van der Waals surface area contributed by atoms with Crippen LogP contribution >= 0.6 is 0 Å². The van der Waals surface area contributed by atoms with Crippen molar-refractivity contribution in [2.45, 2.75) is 6.92 Å². The van der Waals surface area contributed by atoms with Gasteiger partial charge in [-0.2, -0.15) is 0 Å². The van der Waals surface area contributed by atoms with Crippen molar-refractivity contribution in [1.29, 1.82) is 0 Å². The second kappa shape index (κ2) is 7.53. The van der Waals surface area contributed by atoms with Gasteiger partial charge in [0.05, 0.1) is 26.3 Å². The molecular formula is C21H21NO5. The molecule has 0 unspecified atom stereocenters. The lowest BCUT2D eigenvalue weighted by Gasteiger charge is -2.17. The van der Waals surface area contributed by atoms with E-state index in [4.69, 9.17) is 14.2 Å². The number of methoxy groups -OCH3 is 2. The molecule has 0 fully saturated rings. The Hall–Kier alpha value is -3.28. The number of aryl methyl sites for hydroxylation is 1. The molecule has 1 aromatic heterocycles. The summed E-state index contributed by atoms with van der Waals surface area (Å²) in [6.45, 7) is 1.89. The molecule has 0 aliphatic rings. The van der Waals surface area contributed by atoms with Gasteiger partial charge in [-0.15, -0.1) is 0 Å². The van der Waals surface area contributed by atoms with Crippen molar-refractivity contribution in [3.05, 3.63) is 58.4 Å². The van der Waals surface area contributed by atoms with Crippen molar-refractivity contribution in [3.63, 3.8) is 0 Å². The predicted octanol–water partition coefficient (Wildman–Crippen LogP) is 3.40. The molecule has 6 nitrogen and oxygen atoms in total. The Morgan fingerprint density at radius 2 is 1.67 bits per heavy atom. The summed E-state index contributed by atoms with van der Waals surface area (Å²) in [6.07, 6.45) is 0. The molecule has 27 heavy (non-hydrogen) atoms. The molecule has 140 valence electrons. The van der Waals surface area contributed by atoms with E-state index < -0.39 is 11.5 Å². The molecule has 0 aliphatic carbocycles. The third-order valence-electron chi connectivity index (χ3n) is 4.44. The zero-order valence-electron chi connectivity index (χ0n) is 15.7. The molecule has 0 saturated carbocycles. The van der Waals surface area contributed by atoms with Gasteiger partial charge in [0, 0.05) is 24.1 Å². The highest BCUT2D eigenvalue weighted by Crippen LogP contribution is 2.37. The van der Waals surface area contributed by atoms with Crippen molar-refractivity contribution in [1.82, 2.24) is 4.57 Å². The Bertz CT molecular complexity index is 1050. The summed E-state index contributed by atoms with van der Waals surface area (Å²) in [6, 6.07) is 12.8. The largest absolute Gasteiger partial charge is 0.493 e. The lowest BCUT2D eigenvalue weighted by molar-refractivity contribution is 0.0525. The van der Waals surface area contributed by atoms with Crippen molar-refractivity contribution in [2.24, 2.45) is 7.05 Å². The van der Waals surface area contributed by atoms with Crippen LogP contribution in [-0.4, -0.2) is 31.4 Å². The number of esters is 1. The lowest BCUT2D eigenvalue weighted by atomic mass is 9.95. The topological polar surface area (TPSA) is 66.8 Å². The van der Waals surface area contributed by atoms with E-state index in [9.17, 15) is 9.59 Å². The molecule has 3 rings (SSSR count). The summed E-state index contributed by atoms with van der Waals surface area (Å²) in [5, 5.41) is 0.698. The first-order chi connectivity index (χ1) is 13.0. The fraction of sp³-hybridized carbons (Fsp3) is 0.238. The summed E-state index contributed by atoms with van der Waals surface area (Å²) in [7, 11) is 4.70. The van der Waals surface area contributed by atoms with Crippen molar-refractivity contribution < 1.29 is 19.0 Å². The summed E-state index contributed by atoms with van der Waals surface area (Å²) in [4.78, 5) is 25.7. The van der Waals surface area contributed by atoms with Gasteiger partial charge in [0.25, 0.3) is 5.56 Å². The fourth-order valence-electron chi connectivity index (χ4n) is 3.16. The second-order valence-electron chi connectivity index (χ2n) is 5.93. The number of benzene rings is 2. The smallest absolute Gasteiger partial charge is 0.344 e. The number of carbonyl (C=O) groups is 1. The first kappa shape index (κ1) is 18.5. The molecule has 0 aliphatic heterocycles. The monoisotopic (exact) mass is 367 g/mol. The van der Waals surface area contributed by atoms with E-state index in [1.54, 1.807) is 33.2 Å². The SMILES string of the molecule is CCOC(=O)c1c(-c2ccccc2)c2cc(OC)c(OC)cc2n(C)c1=O. The van der Waals surface area contributed by atoms with Crippen LogP contribution in [0.5, 0.6) is 11.5 Å². The number of rotatable bonds is 5. The normalized spacial score (nSPS) is 10.7. The minimum atomic E-state index is -0.645. The molecule has 0 radical (unpaired) electrons. The predicted molar refractivity (Wildman–Crippen MR) is 104 cm³/mol. The van der Waals surface area contributed by atoms with E-state index in [0.29, 0.717) is 28.0 Å². The Morgan fingerprint density at radius 3 is 2.26 bits per heavy atom. The van der Waals surface area contributed by atoms with Gasteiger partial charge in [0.15, 0.2) is 11.5 Å². The third-order valence-corrected chi connectivity index (χ3v) is 4.44. The summed E-state index contributed by atoms with van der Waals surface area (Å²) < 4.78 is 17.4. The number of carbonyl (C=O) groups excluding carboxylic acids is 1. The number of aromatic nitrogens is 1. The summed E-state index contributed by atoms with van der Waals surface area (Å²) in [5.41, 5.74) is 1.48. The van der Waals surface area contributed by atoms with E-state index in [-0.39, 0.29) is 12.2 Å². The van der Waals surface area contributed by atoms with Gasteiger partial charge in [-0.3, -0.25) is 4.79 Å². The molecule has 1 heterocycles. The van der Waals surface area contributed by atoms with Gasteiger partial charge in [0.1, 0.15) is 5.56 Å². The highest BCUT2D eigenvalue weighted by atomic mass is 16.5. The minimum absolute atomic E-state index is 0.00488. The van der Waals surface area contributed by atoms with Crippen LogP contribution in [0.15, 0.2) is 47.3 Å². The fourth-order valence-corrected chi connectivity index (χ4v) is 3.16. The molecule has 0 spiro atoms. The minimum Gasteiger partial charge on any atom is -0.493 e. The number of hydrogen-bond donors (Lipinski definition) is 0. The number of fused-ring (bicyclic) bond motifs is 1. The molecule has 0 saturated heterocycles. The molecule has 0 bridgehead atoms. The van der Waals surface area contributed by atoms with Crippen LogP contribution in [0.3, 0.4) is 0 Å². The number of hydrogen-bond acceptors (Lipinski definition) is 5. The molecule has 0 amide bonds. The van der Waals surface area contributed by atoms with E-state index in [2.05, 4.69) is 0 Å². The first-order valence-corrected chi connectivity index (χ1v) is 8.54. The highest BCUT2D eigenvalue weighted by molar-refractivity contribution is 6.07. The number of ether oxygens (including phenoxy) is 3. The zero-order chi connectivity index (χ0) is 19.6. The van der Waals surface area contributed by atoms with E-state index in [1.165, 1.54) is 11.7 Å². The molecule has 6 heteroatoms. The Balaban J connectivity index is 2.52. The molecule has 3 aromatic rings. The van der Waals surface area contributed by atoms with E-state index >= 15 is 0 Å². The average molecular weight is 367 g/mol. The van der Waals surface area contributed by atoms with Crippen LogP contribution < -0.4 is 15.0 Å². The number of pyridine rings is 1. The van der Waals surface area contributed by atoms with Crippen LogP contribution in [0, 0.1) is 0 Å². The Labute approximate surface area is 156 Å². The van der Waals surface area contributed by atoms with Gasteiger partial charge in [-0.05, 0) is 18.6 Å². The highest BCUT2D eigenvalue weighted by Gasteiger charge is 2.24. The maximum absolute atomic E-state index is 13.0. The van der Waals surface area contributed by atoms with Crippen LogP contribution in [0.2, 0.25) is 0 Å². The van der Waals surface area contributed by atoms with Gasteiger partial charge < -0.3 is 18.8 Å². The molecule has 0 N–H and O–H groups in total. The van der Waals surface area contributed by atoms with E-state index in [0.717, 1.165) is 5.56 Å². The quantitative estimate of drug-likeness (QED) is 0.647. The van der Waals surface area contributed by atoms with Crippen molar-refractivity contribution in [3.8, 4) is 22.6 Å². The van der Waals surface area contributed by atoms with Gasteiger partial charge in [-0.25, -0.2) is 4.79 Å². The van der Waals surface area contributed by atoms with Crippen molar-refractivity contribution in [2.75, 3.05) is 20.8 Å². The maximum Gasteiger partial charge on any atom is 0.344 e. The lowest BCUT2D eigenvalue weighted by Crippen LogP contribution is -2.27.